The van der Waals surface area contributed by atoms with Gasteiger partial charge in [-0.25, -0.2) is 9.97 Å². The summed E-state index contributed by atoms with van der Waals surface area (Å²) in [7, 11) is 3.78. The van der Waals surface area contributed by atoms with Crippen LogP contribution < -0.4 is 20.5 Å². The highest BCUT2D eigenvalue weighted by molar-refractivity contribution is 7.97. The highest BCUT2D eigenvalue weighted by Gasteiger charge is 2.57. The number of carbonyl (C=O) groups is 1. The summed E-state index contributed by atoms with van der Waals surface area (Å²) >= 11 is 7.34. The quantitative estimate of drug-likeness (QED) is 0.221. The van der Waals surface area contributed by atoms with Crippen molar-refractivity contribution in [2.75, 3.05) is 29.6 Å². The lowest BCUT2D eigenvalue weighted by atomic mass is 9.98. The minimum absolute atomic E-state index is 0.0407. The number of anilines is 2. The van der Waals surface area contributed by atoms with Crippen LogP contribution in [0.1, 0.15) is 65.0 Å². The number of nitrogens with zero attached hydrogens (tertiary/aromatic N) is 6. The first-order valence-electron chi connectivity index (χ1n) is 14.3. The Hall–Kier alpha value is -3.57. The smallest absolute Gasteiger partial charge is 0.281 e. The lowest BCUT2D eigenvalue weighted by Gasteiger charge is -2.25. The summed E-state index contributed by atoms with van der Waals surface area (Å²) in [6, 6.07) is 9.48. The number of benzene rings is 1. The summed E-state index contributed by atoms with van der Waals surface area (Å²) in [4.78, 5) is 38.3. The Morgan fingerprint density at radius 2 is 1.88 bits per heavy atom. The van der Waals surface area contributed by atoms with Crippen molar-refractivity contribution in [3.63, 3.8) is 0 Å². The molecule has 2 aliphatic carbocycles. The van der Waals surface area contributed by atoms with E-state index in [1.807, 2.05) is 38.0 Å². The van der Waals surface area contributed by atoms with Gasteiger partial charge in [0.2, 0.25) is 5.95 Å². The molecule has 0 spiro atoms. The normalized spacial score (nSPS) is 21.8. The first-order chi connectivity index (χ1) is 20.2. The molecule has 3 atom stereocenters. The predicted molar refractivity (Wildman–Crippen MR) is 166 cm³/mol. The third-order valence-electron chi connectivity index (χ3n) is 8.92. The Balaban J connectivity index is 1.25. The van der Waals surface area contributed by atoms with Gasteiger partial charge in [-0.3, -0.25) is 23.6 Å². The highest BCUT2D eigenvalue weighted by atomic mass is 35.5. The molecule has 7 rings (SSSR count). The first-order valence-corrected chi connectivity index (χ1v) is 15.9. The Morgan fingerprint density at radius 1 is 1.12 bits per heavy atom. The molecule has 42 heavy (non-hydrogen) atoms. The topological polar surface area (TPSA) is 110 Å². The van der Waals surface area contributed by atoms with E-state index in [4.69, 9.17) is 16.6 Å². The van der Waals surface area contributed by atoms with Crippen LogP contribution in [0.4, 0.5) is 11.6 Å². The summed E-state index contributed by atoms with van der Waals surface area (Å²) in [5, 5.41) is 8.97. The minimum atomic E-state index is -0.331. The Labute approximate surface area is 253 Å². The van der Waals surface area contributed by atoms with E-state index in [9.17, 15) is 9.59 Å². The number of nitrogens with one attached hydrogen (secondary N) is 2. The molecular formula is C30H33ClN8O2S. The summed E-state index contributed by atoms with van der Waals surface area (Å²) in [6.45, 7) is 3.73. The fourth-order valence-corrected chi connectivity index (χ4v) is 7.03. The number of aromatic nitrogens is 5. The van der Waals surface area contributed by atoms with Crippen molar-refractivity contribution in [2.45, 2.75) is 37.6 Å². The van der Waals surface area contributed by atoms with Crippen molar-refractivity contribution in [2.24, 2.45) is 25.9 Å². The van der Waals surface area contributed by atoms with Gasteiger partial charge in [0.15, 0.2) is 5.69 Å². The van der Waals surface area contributed by atoms with Gasteiger partial charge in [0, 0.05) is 51.1 Å². The number of halogens is 1. The molecule has 0 radical (unpaired) electrons. The maximum Gasteiger partial charge on any atom is 0.281 e. The number of fused-ring (bicyclic) bond motifs is 2. The molecule has 2 saturated carbocycles. The van der Waals surface area contributed by atoms with E-state index in [1.165, 1.54) is 11.9 Å². The molecule has 0 bridgehead atoms. The minimum Gasteiger partial charge on any atom is -0.377 e. The van der Waals surface area contributed by atoms with Gasteiger partial charge >= 0.3 is 0 Å². The van der Waals surface area contributed by atoms with Crippen LogP contribution in [-0.4, -0.2) is 49.6 Å². The second-order valence-corrected chi connectivity index (χ2v) is 12.8. The second-order valence-electron chi connectivity index (χ2n) is 11.8. The molecule has 4 heterocycles. The molecule has 3 unspecified atom stereocenters. The standard InChI is InChI=1S/C30H33ClN8O2S/c1-15(32-23-7-8-24(31)33-27(23)28(40)36-42-4)18-11-17(16-5-6-16)12-19-26(18)34-30(38(3)29(19)41)39-13-20-21(14-39)25(20)22-9-10-37(2)35-22/h7-12,15-16,20-21,25,32H,5-6,13-14H2,1-4H3,(H,36,40). The average Bonchev–Trinajstić information content (AvgIpc) is 3.85. The van der Waals surface area contributed by atoms with Gasteiger partial charge in [-0.15, -0.1) is 0 Å². The zero-order chi connectivity index (χ0) is 29.3. The van der Waals surface area contributed by atoms with Crippen molar-refractivity contribution in [3.8, 4) is 0 Å². The number of piperidine rings is 1. The van der Waals surface area contributed by atoms with Crippen LogP contribution in [0.15, 0.2) is 41.3 Å². The largest absolute Gasteiger partial charge is 0.377 e. The fourth-order valence-electron chi connectivity index (χ4n) is 6.60. The number of rotatable bonds is 8. The van der Waals surface area contributed by atoms with E-state index in [1.54, 1.807) is 23.0 Å². The van der Waals surface area contributed by atoms with E-state index >= 15 is 0 Å². The van der Waals surface area contributed by atoms with E-state index in [2.05, 4.69) is 37.2 Å². The van der Waals surface area contributed by atoms with Crippen LogP contribution in [0.5, 0.6) is 0 Å². The van der Waals surface area contributed by atoms with E-state index in [-0.39, 0.29) is 28.4 Å². The SMILES string of the molecule is CSNC(=O)c1nc(Cl)ccc1NC(C)c1cc(C2CC2)cc2c(=O)n(C)c(N3CC4C(C3)C4c3ccn(C)n3)nc12. The number of aryl methyl sites for hydroxylation is 1. The van der Waals surface area contributed by atoms with Crippen LogP contribution in [0.25, 0.3) is 10.9 Å². The predicted octanol–water partition coefficient (Wildman–Crippen LogP) is 4.62. The third kappa shape index (κ3) is 4.72. The fraction of sp³-hybridized carbons (Fsp3) is 0.433. The van der Waals surface area contributed by atoms with Gasteiger partial charge in [-0.1, -0.05) is 29.6 Å². The number of amides is 1. The molecule has 4 aromatic rings. The Morgan fingerprint density at radius 3 is 2.55 bits per heavy atom. The molecule has 218 valence electrons. The molecule has 1 aliphatic heterocycles. The van der Waals surface area contributed by atoms with Crippen molar-refractivity contribution >= 4 is 52.0 Å². The van der Waals surface area contributed by atoms with E-state index in [0.29, 0.717) is 46.2 Å². The summed E-state index contributed by atoms with van der Waals surface area (Å²) in [5.41, 5.74) is 4.67. The summed E-state index contributed by atoms with van der Waals surface area (Å²) < 4.78 is 6.29. The summed E-state index contributed by atoms with van der Waals surface area (Å²) in [5.74, 6) is 2.34. The maximum atomic E-state index is 13.9. The lowest BCUT2D eigenvalue weighted by molar-refractivity contribution is 0.0980. The highest BCUT2D eigenvalue weighted by Crippen LogP contribution is 2.58. The van der Waals surface area contributed by atoms with Crippen LogP contribution >= 0.6 is 23.5 Å². The first kappa shape index (κ1) is 27.3. The molecule has 1 saturated heterocycles. The number of pyridine rings is 1. The third-order valence-corrected chi connectivity index (χ3v) is 9.52. The van der Waals surface area contributed by atoms with Crippen LogP contribution in [-0.2, 0) is 14.1 Å². The molecule has 3 fully saturated rings. The van der Waals surface area contributed by atoms with Crippen molar-refractivity contribution < 1.29 is 4.79 Å². The van der Waals surface area contributed by atoms with Gasteiger partial charge < -0.3 is 10.2 Å². The lowest BCUT2D eigenvalue weighted by Crippen LogP contribution is -2.32. The molecular weight excluding hydrogens is 572 g/mol. The average molecular weight is 605 g/mol. The van der Waals surface area contributed by atoms with Gasteiger partial charge in [-0.05, 0) is 67.3 Å². The zero-order valence-corrected chi connectivity index (χ0v) is 25.5. The Kier molecular flexibility index (Phi) is 6.69. The number of hydrogen-bond donors (Lipinski definition) is 2. The Bertz CT molecular complexity index is 1770. The maximum absolute atomic E-state index is 13.9. The van der Waals surface area contributed by atoms with Gasteiger partial charge in [-0.2, -0.15) is 5.10 Å². The zero-order valence-electron chi connectivity index (χ0n) is 24.0. The van der Waals surface area contributed by atoms with Crippen LogP contribution in [0, 0.1) is 11.8 Å². The molecule has 1 aromatic carbocycles. The summed E-state index contributed by atoms with van der Waals surface area (Å²) in [6.07, 6.45) is 6.01. The molecule has 10 nitrogen and oxygen atoms in total. The van der Waals surface area contributed by atoms with Crippen molar-refractivity contribution in [1.82, 2.24) is 29.0 Å². The molecule has 3 aliphatic rings. The van der Waals surface area contributed by atoms with Crippen LogP contribution in [0.2, 0.25) is 5.15 Å². The van der Waals surface area contributed by atoms with Gasteiger partial charge in [0.25, 0.3) is 11.5 Å². The van der Waals surface area contributed by atoms with E-state index in [0.717, 1.165) is 42.8 Å². The second kappa shape index (κ2) is 10.3. The van der Waals surface area contributed by atoms with Crippen molar-refractivity contribution in [1.29, 1.82) is 0 Å². The van der Waals surface area contributed by atoms with Crippen LogP contribution in [0.3, 0.4) is 0 Å². The molecule has 12 heteroatoms. The number of hydrogen-bond acceptors (Lipinski definition) is 8. The number of carbonyl (C=O) groups excluding carboxylic acids is 1. The van der Waals surface area contributed by atoms with Crippen molar-refractivity contribution in [3.05, 3.63) is 74.6 Å². The van der Waals surface area contributed by atoms with Gasteiger partial charge in [0.05, 0.1) is 28.3 Å². The molecule has 2 N–H and O–H groups in total. The molecule has 3 aromatic heterocycles. The van der Waals surface area contributed by atoms with E-state index < -0.39 is 0 Å². The molecule has 1 amide bonds. The van der Waals surface area contributed by atoms with Gasteiger partial charge in [0.1, 0.15) is 5.15 Å². The monoisotopic (exact) mass is 604 g/mol.